The zero-order valence-electron chi connectivity index (χ0n) is 7.22. The molecule has 0 amide bonds. The van der Waals surface area contributed by atoms with E-state index in [9.17, 15) is 0 Å². The minimum Gasteiger partial charge on any atom is -0.395 e. The van der Waals surface area contributed by atoms with Gasteiger partial charge in [-0.25, -0.2) is 0 Å². The number of thiol groups is 2. The summed E-state index contributed by atoms with van der Waals surface area (Å²) in [5, 5.41) is 17.4. The normalized spacial score (nSPS) is 16.5. The lowest BCUT2D eigenvalue weighted by atomic mass is 10.3. The van der Waals surface area contributed by atoms with Crippen LogP contribution in [-0.4, -0.2) is 59.0 Å². The molecule has 3 nitrogen and oxygen atoms in total. The largest absolute Gasteiger partial charge is 0.395 e. The number of hydrogen-bond donors (Lipinski definition) is 4. The molecule has 74 valence electrons. The highest BCUT2D eigenvalue weighted by atomic mass is 32.1. The van der Waals surface area contributed by atoms with E-state index in [4.69, 9.17) is 10.2 Å². The smallest absolute Gasteiger partial charge is 0.0559 e. The summed E-state index contributed by atoms with van der Waals surface area (Å²) in [6, 6.07) is 0. The lowest BCUT2D eigenvalue weighted by molar-refractivity contribution is 0.234. The Balaban J connectivity index is 3.51. The molecule has 0 aromatic carbocycles. The predicted octanol–water partition coefficient (Wildman–Crippen LogP) is -0.500. The fourth-order valence-electron chi connectivity index (χ4n) is 0.910. The maximum Gasteiger partial charge on any atom is 0.0559 e. The van der Waals surface area contributed by atoms with Crippen molar-refractivity contribution in [2.45, 2.75) is 10.5 Å². The van der Waals surface area contributed by atoms with Crippen LogP contribution in [0.5, 0.6) is 0 Å². The predicted molar refractivity (Wildman–Crippen MR) is 57.2 cm³/mol. The zero-order valence-corrected chi connectivity index (χ0v) is 9.01. The zero-order chi connectivity index (χ0) is 9.56. The van der Waals surface area contributed by atoms with Crippen LogP contribution in [0.1, 0.15) is 0 Å². The van der Waals surface area contributed by atoms with Gasteiger partial charge in [0.15, 0.2) is 0 Å². The van der Waals surface area contributed by atoms with E-state index in [0.29, 0.717) is 13.1 Å². The van der Waals surface area contributed by atoms with Crippen LogP contribution in [0.25, 0.3) is 0 Å². The minimum absolute atomic E-state index is 0.0192. The van der Waals surface area contributed by atoms with E-state index in [-0.39, 0.29) is 23.7 Å². The Morgan fingerprint density at radius 2 is 1.42 bits per heavy atom. The Morgan fingerprint density at radius 3 is 1.67 bits per heavy atom. The molecule has 2 atom stereocenters. The van der Waals surface area contributed by atoms with E-state index in [0.717, 1.165) is 0 Å². The minimum atomic E-state index is -0.0192. The summed E-state index contributed by atoms with van der Waals surface area (Å²) in [4.78, 5) is 1.99. The van der Waals surface area contributed by atoms with Crippen molar-refractivity contribution >= 4 is 25.3 Å². The van der Waals surface area contributed by atoms with Crippen molar-refractivity contribution in [1.29, 1.82) is 0 Å². The molecule has 0 heterocycles. The third-order valence-electron chi connectivity index (χ3n) is 1.47. The molecular formula is C7H17NO2S2. The average molecular weight is 211 g/mol. The topological polar surface area (TPSA) is 43.7 Å². The summed E-state index contributed by atoms with van der Waals surface area (Å²) in [6.07, 6.45) is 0. The van der Waals surface area contributed by atoms with Crippen LogP contribution in [-0.2, 0) is 0 Å². The standard InChI is InChI=1S/C7H17NO2S2/c1-8(2-6(11)4-9)3-7(12)5-10/h6-7,9-12H,2-5H2,1H3. The maximum absolute atomic E-state index is 8.70. The second-order valence-electron chi connectivity index (χ2n) is 2.89. The molecular weight excluding hydrogens is 194 g/mol. The SMILES string of the molecule is CN(CC(S)CO)CC(S)CO. The molecule has 2 unspecified atom stereocenters. The molecule has 0 aliphatic heterocycles. The van der Waals surface area contributed by atoms with E-state index < -0.39 is 0 Å². The van der Waals surface area contributed by atoms with E-state index in [1.807, 2.05) is 11.9 Å². The van der Waals surface area contributed by atoms with Gasteiger partial charge in [-0.05, 0) is 7.05 Å². The van der Waals surface area contributed by atoms with Crippen LogP contribution in [0.15, 0.2) is 0 Å². The van der Waals surface area contributed by atoms with Gasteiger partial charge < -0.3 is 15.1 Å². The van der Waals surface area contributed by atoms with Crippen molar-refractivity contribution in [2.24, 2.45) is 0 Å². The van der Waals surface area contributed by atoms with Crippen LogP contribution in [0.2, 0.25) is 0 Å². The number of hydrogen-bond acceptors (Lipinski definition) is 5. The van der Waals surface area contributed by atoms with Gasteiger partial charge in [-0.15, -0.1) is 0 Å². The molecule has 0 radical (unpaired) electrons. The van der Waals surface area contributed by atoms with Crippen LogP contribution in [0.3, 0.4) is 0 Å². The van der Waals surface area contributed by atoms with Gasteiger partial charge in [0.25, 0.3) is 0 Å². The van der Waals surface area contributed by atoms with Crippen molar-refractivity contribution in [2.75, 3.05) is 33.4 Å². The van der Waals surface area contributed by atoms with Crippen molar-refractivity contribution in [3.8, 4) is 0 Å². The molecule has 0 aliphatic carbocycles. The van der Waals surface area contributed by atoms with E-state index in [1.54, 1.807) is 0 Å². The van der Waals surface area contributed by atoms with Gasteiger partial charge in [-0.3, -0.25) is 0 Å². The quantitative estimate of drug-likeness (QED) is 0.448. The Kier molecular flexibility index (Phi) is 7.37. The number of rotatable bonds is 6. The summed E-state index contributed by atoms with van der Waals surface area (Å²) < 4.78 is 0. The van der Waals surface area contributed by atoms with E-state index >= 15 is 0 Å². The molecule has 0 aromatic rings. The fourth-order valence-corrected chi connectivity index (χ4v) is 1.47. The molecule has 0 rings (SSSR count). The Morgan fingerprint density at radius 1 is 1.08 bits per heavy atom. The molecule has 0 saturated heterocycles. The summed E-state index contributed by atoms with van der Waals surface area (Å²) in [6.45, 7) is 1.56. The highest BCUT2D eigenvalue weighted by Crippen LogP contribution is 2.00. The summed E-state index contributed by atoms with van der Waals surface area (Å²) in [5.74, 6) is 0. The first-order valence-electron chi connectivity index (χ1n) is 3.86. The van der Waals surface area contributed by atoms with E-state index in [1.165, 1.54) is 0 Å². The third-order valence-corrected chi connectivity index (χ3v) is 2.12. The summed E-state index contributed by atoms with van der Waals surface area (Å²) >= 11 is 8.28. The summed E-state index contributed by atoms with van der Waals surface area (Å²) in [7, 11) is 1.91. The van der Waals surface area contributed by atoms with Crippen LogP contribution in [0, 0.1) is 0 Å². The highest BCUT2D eigenvalue weighted by Gasteiger charge is 2.09. The molecule has 0 fully saturated rings. The van der Waals surface area contributed by atoms with Crippen LogP contribution >= 0.6 is 25.3 Å². The van der Waals surface area contributed by atoms with Crippen LogP contribution in [0.4, 0.5) is 0 Å². The first-order valence-corrected chi connectivity index (χ1v) is 4.89. The molecule has 0 spiro atoms. The third kappa shape index (κ3) is 6.14. The van der Waals surface area contributed by atoms with E-state index in [2.05, 4.69) is 25.3 Å². The van der Waals surface area contributed by atoms with Gasteiger partial charge in [0.05, 0.1) is 13.2 Å². The number of aliphatic hydroxyl groups is 2. The van der Waals surface area contributed by atoms with Crippen molar-refractivity contribution in [3.63, 3.8) is 0 Å². The first kappa shape index (κ1) is 12.6. The Labute approximate surface area is 84.6 Å². The summed E-state index contributed by atoms with van der Waals surface area (Å²) in [5.41, 5.74) is 0. The molecule has 2 N–H and O–H groups in total. The average Bonchev–Trinajstić information content (AvgIpc) is 2.03. The lowest BCUT2D eigenvalue weighted by Crippen LogP contribution is -2.34. The maximum atomic E-state index is 8.70. The second-order valence-corrected chi connectivity index (χ2v) is 4.35. The molecule has 5 heteroatoms. The Hall–Kier alpha value is 0.580. The van der Waals surface area contributed by atoms with Gasteiger partial charge in [-0.2, -0.15) is 25.3 Å². The van der Waals surface area contributed by atoms with Gasteiger partial charge in [-0.1, -0.05) is 0 Å². The monoisotopic (exact) mass is 211 g/mol. The van der Waals surface area contributed by atoms with Gasteiger partial charge in [0, 0.05) is 23.6 Å². The first-order chi connectivity index (χ1) is 5.60. The van der Waals surface area contributed by atoms with Gasteiger partial charge >= 0.3 is 0 Å². The van der Waals surface area contributed by atoms with Gasteiger partial charge in [0.1, 0.15) is 0 Å². The fraction of sp³-hybridized carbons (Fsp3) is 1.00. The van der Waals surface area contributed by atoms with Crippen molar-refractivity contribution < 1.29 is 10.2 Å². The van der Waals surface area contributed by atoms with Gasteiger partial charge in [0.2, 0.25) is 0 Å². The molecule has 12 heavy (non-hydrogen) atoms. The molecule has 0 aliphatic rings. The number of aliphatic hydroxyl groups excluding tert-OH is 2. The van der Waals surface area contributed by atoms with Crippen LogP contribution < -0.4 is 0 Å². The second kappa shape index (κ2) is 7.03. The van der Waals surface area contributed by atoms with Crippen molar-refractivity contribution in [3.05, 3.63) is 0 Å². The molecule has 0 aromatic heterocycles. The van der Waals surface area contributed by atoms with Crippen molar-refractivity contribution in [1.82, 2.24) is 4.90 Å². The lowest BCUT2D eigenvalue weighted by Gasteiger charge is -2.21. The molecule has 0 saturated carbocycles. The highest BCUT2D eigenvalue weighted by molar-refractivity contribution is 7.81. The molecule has 0 bridgehead atoms. The number of nitrogens with zero attached hydrogens (tertiary/aromatic N) is 1. The Bertz CT molecular complexity index is 104.